The van der Waals surface area contributed by atoms with Crippen LogP contribution in [-0.4, -0.2) is 43.6 Å². The quantitative estimate of drug-likeness (QED) is 0.561. The molecule has 3 heterocycles. The topological polar surface area (TPSA) is 118 Å². The molecule has 1 aromatic carbocycles. The van der Waals surface area contributed by atoms with E-state index in [4.69, 9.17) is 4.42 Å². The van der Waals surface area contributed by atoms with Crippen molar-refractivity contribution in [2.75, 3.05) is 6.54 Å². The van der Waals surface area contributed by atoms with E-state index in [0.29, 0.717) is 25.0 Å². The summed E-state index contributed by atoms with van der Waals surface area (Å²) in [4.78, 5) is 43.2. The Morgan fingerprint density at radius 3 is 2.81 bits per heavy atom. The van der Waals surface area contributed by atoms with Crippen LogP contribution in [0, 0.1) is 6.92 Å². The second kappa shape index (κ2) is 7.33. The Hall–Kier alpha value is -2.88. The molecule has 10 heteroatoms. The maximum Gasteiger partial charge on any atom is 0.408 e. The number of rotatable bonds is 4. The van der Waals surface area contributed by atoms with Crippen LogP contribution >= 0.6 is 15.9 Å². The number of carbonyl (C=O) groups excluding carboxylic acids is 1. The maximum absolute atomic E-state index is 13.3. The van der Waals surface area contributed by atoms with Crippen molar-refractivity contribution >= 4 is 49.9 Å². The van der Waals surface area contributed by atoms with Crippen LogP contribution in [0.25, 0.3) is 22.0 Å². The molecule has 1 aliphatic heterocycles. The fourth-order valence-corrected chi connectivity index (χ4v) is 5.01. The highest BCUT2D eigenvalue weighted by Crippen LogP contribution is 2.39. The molecule has 5 rings (SSSR count). The number of hydrogen-bond acceptors (Lipinski definition) is 5. The van der Waals surface area contributed by atoms with Gasteiger partial charge < -0.3 is 19.4 Å². The zero-order valence-corrected chi connectivity index (χ0v) is 19.4. The summed E-state index contributed by atoms with van der Waals surface area (Å²) >= 11 is 3.55. The molecular formula is C22H23BrN4O5. The first kappa shape index (κ1) is 21.0. The minimum Gasteiger partial charge on any atom is -0.465 e. The van der Waals surface area contributed by atoms with Gasteiger partial charge in [0.25, 0.3) is 5.56 Å². The van der Waals surface area contributed by atoms with E-state index < -0.39 is 17.5 Å². The van der Waals surface area contributed by atoms with Crippen LogP contribution in [0.3, 0.4) is 0 Å². The molecule has 2 amide bonds. The van der Waals surface area contributed by atoms with E-state index >= 15 is 0 Å². The number of halogens is 1. The highest BCUT2D eigenvalue weighted by atomic mass is 79.9. The molecule has 9 nitrogen and oxygen atoms in total. The summed E-state index contributed by atoms with van der Waals surface area (Å²) in [6, 6.07) is 3.99. The SMILES string of the molecule is Cc1c(Br)ccc2c3oc(CNC(=O)C4(C)CCCN4C(=O)O)nc3c(=O)n(C3CC3)c12. The summed E-state index contributed by atoms with van der Waals surface area (Å²) in [5.41, 5.74) is 1.12. The average molecular weight is 503 g/mol. The molecule has 0 bridgehead atoms. The van der Waals surface area contributed by atoms with Crippen LogP contribution in [-0.2, 0) is 11.3 Å². The molecule has 168 valence electrons. The Kier molecular flexibility index (Phi) is 4.81. The van der Waals surface area contributed by atoms with Crippen LogP contribution in [0.15, 0.2) is 25.8 Å². The molecule has 1 atom stereocenters. The fourth-order valence-electron chi connectivity index (χ4n) is 4.69. The summed E-state index contributed by atoms with van der Waals surface area (Å²) in [7, 11) is 0. The molecule has 1 saturated carbocycles. The zero-order valence-electron chi connectivity index (χ0n) is 17.8. The standard InChI is InChI=1S/C22H23BrN4O5/c1-11-14(23)7-6-13-17(11)27(12-4-5-12)19(28)16-18(13)32-15(25-16)10-24-20(29)22(2)8-3-9-26(22)21(30)31/h6-7,12H,3-5,8-10H2,1-2H3,(H,24,29)(H,30,31). The minimum absolute atomic E-state index is 0.0313. The lowest BCUT2D eigenvalue weighted by molar-refractivity contribution is -0.130. The predicted octanol–water partition coefficient (Wildman–Crippen LogP) is 3.70. The largest absolute Gasteiger partial charge is 0.465 e. The van der Waals surface area contributed by atoms with Gasteiger partial charge in [0, 0.05) is 22.4 Å². The van der Waals surface area contributed by atoms with Gasteiger partial charge in [0.15, 0.2) is 11.1 Å². The molecule has 0 radical (unpaired) electrons. The van der Waals surface area contributed by atoms with E-state index in [1.54, 1.807) is 6.92 Å². The van der Waals surface area contributed by atoms with Crippen molar-refractivity contribution in [2.45, 2.75) is 57.7 Å². The van der Waals surface area contributed by atoms with E-state index in [1.807, 2.05) is 23.6 Å². The van der Waals surface area contributed by atoms with Gasteiger partial charge in [-0.25, -0.2) is 9.78 Å². The number of pyridine rings is 1. The Balaban J connectivity index is 1.52. The van der Waals surface area contributed by atoms with Crippen molar-refractivity contribution in [3.63, 3.8) is 0 Å². The molecule has 1 aliphatic carbocycles. The van der Waals surface area contributed by atoms with E-state index in [0.717, 1.165) is 38.7 Å². The Bertz CT molecular complexity index is 1340. The van der Waals surface area contributed by atoms with Gasteiger partial charge in [-0.1, -0.05) is 15.9 Å². The summed E-state index contributed by atoms with van der Waals surface area (Å²) in [6.07, 6.45) is 1.86. The number of aryl methyl sites for hydroxylation is 1. The molecule has 2 aliphatic rings. The number of aromatic nitrogens is 2. The van der Waals surface area contributed by atoms with Crippen molar-refractivity contribution < 1.29 is 19.1 Å². The summed E-state index contributed by atoms with van der Waals surface area (Å²) in [6.45, 7) is 3.88. The van der Waals surface area contributed by atoms with Crippen LogP contribution in [0.4, 0.5) is 4.79 Å². The average Bonchev–Trinajstić information content (AvgIpc) is 3.35. The summed E-state index contributed by atoms with van der Waals surface area (Å²) < 4.78 is 8.68. The van der Waals surface area contributed by atoms with E-state index in [9.17, 15) is 19.5 Å². The molecule has 0 spiro atoms. The third kappa shape index (κ3) is 3.11. The number of likely N-dealkylation sites (tertiary alicyclic amines) is 1. The van der Waals surface area contributed by atoms with Crippen LogP contribution < -0.4 is 10.9 Å². The zero-order chi connectivity index (χ0) is 22.8. The molecule has 2 N–H and O–H groups in total. The number of fused-ring (bicyclic) bond motifs is 3. The van der Waals surface area contributed by atoms with Crippen LogP contribution in [0.1, 0.15) is 50.1 Å². The number of benzene rings is 1. The lowest BCUT2D eigenvalue weighted by atomic mass is 9.98. The monoisotopic (exact) mass is 502 g/mol. The van der Waals surface area contributed by atoms with Gasteiger partial charge in [-0.05, 0) is 57.2 Å². The fraction of sp³-hybridized carbons (Fsp3) is 0.455. The lowest BCUT2D eigenvalue weighted by Crippen LogP contribution is -2.54. The Labute approximate surface area is 191 Å². The first-order valence-corrected chi connectivity index (χ1v) is 11.4. The number of carbonyl (C=O) groups is 2. The summed E-state index contributed by atoms with van der Waals surface area (Å²) in [5.74, 6) is -0.191. The molecule has 2 aromatic heterocycles. The van der Waals surface area contributed by atoms with Gasteiger partial charge in [-0.15, -0.1) is 0 Å². The van der Waals surface area contributed by atoms with Crippen molar-refractivity contribution in [1.29, 1.82) is 0 Å². The highest BCUT2D eigenvalue weighted by molar-refractivity contribution is 9.10. The normalized spacial score (nSPS) is 20.9. The number of hydrogen-bond donors (Lipinski definition) is 2. The van der Waals surface area contributed by atoms with Crippen LogP contribution in [0.2, 0.25) is 0 Å². The van der Waals surface area contributed by atoms with Gasteiger partial charge >= 0.3 is 6.09 Å². The van der Waals surface area contributed by atoms with Gasteiger partial charge in [0.2, 0.25) is 11.8 Å². The number of amides is 2. The summed E-state index contributed by atoms with van der Waals surface area (Å²) in [5, 5.41) is 13.0. The molecule has 1 unspecified atom stereocenters. The van der Waals surface area contributed by atoms with Gasteiger partial charge in [-0.2, -0.15) is 0 Å². The number of nitrogens with zero attached hydrogens (tertiary/aromatic N) is 3. The van der Waals surface area contributed by atoms with Gasteiger partial charge in [0.05, 0.1) is 12.1 Å². The number of nitrogens with one attached hydrogen (secondary N) is 1. The lowest BCUT2D eigenvalue weighted by Gasteiger charge is -2.31. The van der Waals surface area contributed by atoms with Gasteiger partial charge in [0.1, 0.15) is 5.54 Å². The van der Waals surface area contributed by atoms with E-state index in [-0.39, 0.29) is 29.6 Å². The number of carboxylic acid groups (broad SMARTS) is 1. The smallest absolute Gasteiger partial charge is 0.408 e. The second-order valence-corrected chi connectivity index (χ2v) is 9.61. The molecule has 3 aromatic rings. The van der Waals surface area contributed by atoms with Crippen molar-refractivity contribution in [3.8, 4) is 0 Å². The highest BCUT2D eigenvalue weighted by Gasteiger charge is 2.45. The second-order valence-electron chi connectivity index (χ2n) is 8.75. The Morgan fingerprint density at radius 1 is 1.38 bits per heavy atom. The minimum atomic E-state index is -1.13. The van der Waals surface area contributed by atoms with Crippen LogP contribution in [0.5, 0.6) is 0 Å². The van der Waals surface area contributed by atoms with Crippen molar-refractivity contribution in [2.24, 2.45) is 0 Å². The first-order valence-electron chi connectivity index (χ1n) is 10.6. The number of oxazole rings is 1. The van der Waals surface area contributed by atoms with Crippen molar-refractivity contribution in [3.05, 3.63) is 38.4 Å². The predicted molar refractivity (Wildman–Crippen MR) is 121 cm³/mol. The van der Waals surface area contributed by atoms with E-state index in [1.165, 1.54) is 0 Å². The molecule has 2 fully saturated rings. The third-order valence-corrected chi connectivity index (χ3v) is 7.48. The third-order valence-electron chi connectivity index (χ3n) is 6.62. The maximum atomic E-state index is 13.3. The molecule has 1 saturated heterocycles. The van der Waals surface area contributed by atoms with Crippen molar-refractivity contribution in [1.82, 2.24) is 19.8 Å². The first-order chi connectivity index (χ1) is 15.2. The molecular weight excluding hydrogens is 480 g/mol. The van der Waals surface area contributed by atoms with Gasteiger partial charge in [-0.3, -0.25) is 14.5 Å². The Morgan fingerprint density at radius 2 is 2.12 bits per heavy atom. The van der Waals surface area contributed by atoms with E-state index in [2.05, 4.69) is 26.2 Å². The molecule has 32 heavy (non-hydrogen) atoms.